The fourth-order valence-corrected chi connectivity index (χ4v) is 5.12. The van der Waals surface area contributed by atoms with Gasteiger partial charge in [-0.1, -0.05) is 18.2 Å². The lowest BCUT2D eigenvalue weighted by Gasteiger charge is -2.25. The lowest BCUT2D eigenvalue weighted by molar-refractivity contribution is -0.132. The summed E-state index contributed by atoms with van der Waals surface area (Å²) in [6.07, 6.45) is 1.45. The van der Waals surface area contributed by atoms with E-state index in [-0.39, 0.29) is 23.4 Å². The van der Waals surface area contributed by atoms with Gasteiger partial charge in [0.15, 0.2) is 0 Å². The molecule has 28 heavy (non-hydrogen) atoms. The third kappa shape index (κ3) is 3.54. The first-order valence-electron chi connectivity index (χ1n) is 8.77. The quantitative estimate of drug-likeness (QED) is 0.597. The fraction of sp³-hybridized carbons (Fsp3) is 0.250. The lowest BCUT2D eigenvalue weighted by atomic mass is 10.2. The average molecular weight is 460 g/mol. The third-order valence-electron chi connectivity index (χ3n) is 4.71. The van der Waals surface area contributed by atoms with Crippen LogP contribution in [0.2, 0.25) is 0 Å². The molecule has 1 unspecified atom stereocenters. The molecule has 1 atom stereocenters. The van der Waals surface area contributed by atoms with Crippen LogP contribution in [0.1, 0.15) is 10.9 Å². The molecule has 1 saturated heterocycles. The molecule has 1 fully saturated rings. The van der Waals surface area contributed by atoms with Gasteiger partial charge in [-0.25, -0.2) is 4.98 Å². The Labute approximate surface area is 174 Å². The minimum atomic E-state index is -0.199. The number of carbonyl (C=O) groups is 1. The van der Waals surface area contributed by atoms with Crippen molar-refractivity contribution in [3.8, 4) is 5.75 Å². The zero-order valence-corrected chi connectivity index (χ0v) is 17.6. The number of benzene rings is 2. The number of nitrogens with zero attached hydrogens (tertiary/aromatic N) is 3. The number of thioether (sulfide) groups is 1. The maximum Gasteiger partial charge on any atom is 0.261 e. The predicted molar refractivity (Wildman–Crippen MR) is 114 cm³/mol. The number of ether oxygens (including phenoxy) is 1. The highest BCUT2D eigenvalue weighted by atomic mass is 79.9. The second-order valence-corrected chi connectivity index (χ2v) is 8.44. The summed E-state index contributed by atoms with van der Waals surface area (Å²) in [5, 5.41) is 0.433. The molecule has 0 aliphatic carbocycles. The normalized spacial score (nSPS) is 16.5. The van der Waals surface area contributed by atoms with Crippen molar-refractivity contribution < 1.29 is 9.53 Å². The van der Waals surface area contributed by atoms with Gasteiger partial charge in [0.25, 0.3) is 5.56 Å². The zero-order chi connectivity index (χ0) is 19.7. The second-order valence-electron chi connectivity index (χ2n) is 6.40. The van der Waals surface area contributed by atoms with Crippen molar-refractivity contribution in [1.29, 1.82) is 0 Å². The number of rotatable bonds is 4. The fourth-order valence-electron chi connectivity index (χ4n) is 3.29. The van der Waals surface area contributed by atoms with E-state index < -0.39 is 0 Å². The highest BCUT2D eigenvalue weighted by Crippen LogP contribution is 2.40. The van der Waals surface area contributed by atoms with E-state index in [1.807, 2.05) is 29.2 Å². The van der Waals surface area contributed by atoms with Crippen LogP contribution in [0.4, 0.5) is 0 Å². The first kappa shape index (κ1) is 19.0. The maximum absolute atomic E-state index is 13.0. The van der Waals surface area contributed by atoms with Gasteiger partial charge in [0.05, 0.1) is 28.8 Å². The van der Waals surface area contributed by atoms with Gasteiger partial charge in [0, 0.05) is 12.3 Å². The monoisotopic (exact) mass is 459 g/mol. The number of amides is 1. The van der Waals surface area contributed by atoms with E-state index >= 15 is 0 Å². The van der Waals surface area contributed by atoms with Crippen LogP contribution in [0.5, 0.6) is 5.75 Å². The molecule has 0 bridgehead atoms. The highest BCUT2D eigenvalue weighted by Gasteiger charge is 2.31. The lowest BCUT2D eigenvalue weighted by Crippen LogP contribution is -2.36. The van der Waals surface area contributed by atoms with Gasteiger partial charge in [-0.3, -0.25) is 14.2 Å². The molecular weight excluding hydrogens is 442 g/mol. The molecule has 8 heteroatoms. The summed E-state index contributed by atoms with van der Waals surface area (Å²) in [7, 11) is 1.62. The van der Waals surface area contributed by atoms with Crippen LogP contribution in [-0.2, 0) is 11.3 Å². The maximum atomic E-state index is 13.0. The topological polar surface area (TPSA) is 64.4 Å². The molecule has 1 aliphatic heterocycles. The van der Waals surface area contributed by atoms with Crippen LogP contribution in [-0.4, -0.2) is 39.8 Å². The zero-order valence-electron chi connectivity index (χ0n) is 15.2. The Morgan fingerprint density at radius 3 is 2.93 bits per heavy atom. The Morgan fingerprint density at radius 1 is 1.32 bits per heavy atom. The van der Waals surface area contributed by atoms with Crippen LogP contribution in [0, 0.1) is 0 Å². The Kier molecular flexibility index (Phi) is 5.41. The van der Waals surface area contributed by atoms with Crippen molar-refractivity contribution in [2.45, 2.75) is 11.9 Å². The molecule has 1 aromatic heterocycles. The first-order valence-corrected chi connectivity index (χ1v) is 10.6. The predicted octanol–water partition coefficient (Wildman–Crippen LogP) is 3.44. The number of fused-ring (bicyclic) bond motifs is 1. The number of hydrogen-bond acceptors (Lipinski definition) is 5. The summed E-state index contributed by atoms with van der Waals surface area (Å²) in [6.45, 7) is 0.624. The van der Waals surface area contributed by atoms with Gasteiger partial charge < -0.3 is 9.64 Å². The SMILES string of the molecule is COc1ccc(C2SCCN2C(=O)Cn2cnc3ccccc3c2=O)cc1Br. The van der Waals surface area contributed by atoms with E-state index in [0.717, 1.165) is 21.5 Å². The molecule has 4 rings (SSSR count). The number of hydrogen-bond donors (Lipinski definition) is 0. The van der Waals surface area contributed by atoms with Gasteiger partial charge in [-0.2, -0.15) is 0 Å². The summed E-state index contributed by atoms with van der Waals surface area (Å²) in [4.78, 5) is 31.8. The molecule has 2 aromatic carbocycles. The Balaban J connectivity index is 1.58. The van der Waals surface area contributed by atoms with Crippen molar-refractivity contribution in [3.63, 3.8) is 0 Å². The van der Waals surface area contributed by atoms with E-state index in [9.17, 15) is 9.59 Å². The molecule has 0 spiro atoms. The first-order chi connectivity index (χ1) is 13.6. The molecule has 144 valence electrons. The van der Waals surface area contributed by atoms with E-state index in [2.05, 4.69) is 20.9 Å². The summed E-state index contributed by atoms with van der Waals surface area (Å²) in [5.74, 6) is 1.50. The number of methoxy groups -OCH3 is 1. The number of carbonyl (C=O) groups excluding carboxylic acids is 1. The Hall–Kier alpha value is -2.32. The van der Waals surface area contributed by atoms with Gasteiger partial charge in [-0.15, -0.1) is 11.8 Å². The minimum absolute atomic E-state index is 0.0228. The number of halogens is 1. The largest absolute Gasteiger partial charge is 0.496 e. The summed E-state index contributed by atoms with van der Waals surface area (Å²) in [6, 6.07) is 13.0. The minimum Gasteiger partial charge on any atom is -0.496 e. The van der Waals surface area contributed by atoms with Crippen LogP contribution in [0.25, 0.3) is 10.9 Å². The number of aromatic nitrogens is 2. The van der Waals surface area contributed by atoms with Crippen LogP contribution >= 0.6 is 27.7 Å². The Morgan fingerprint density at radius 2 is 2.14 bits per heavy atom. The van der Waals surface area contributed by atoms with Gasteiger partial charge in [-0.05, 0) is 45.8 Å². The standard InChI is InChI=1S/C20H18BrN3O3S/c1-27-17-7-6-13(10-15(17)21)20-24(8-9-28-20)18(25)11-23-12-22-16-5-3-2-4-14(16)19(23)26/h2-7,10,12,20H,8-9,11H2,1H3. The van der Waals surface area contributed by atoms with Crippen molar-refractivity contribution in [2.75, 3.05) is 19.4 Å². The molecule has 3 aromatic rings. The molecular formula is C20H18BrN3O3S. The molecule has 0 saturated carbocycles. The Bertz CT molecular complexity index is 1100. The molecule has 0 radical (unpaired) electrons. The van der Waals surface area contributed by atoms with Crippen molar-refractivity contribution >= 4 is 44.5 Å². The van der Waals surface area contributed by atoms with Crippen molar-refractivity contribution in [2.24, 2.45) is 0 Å². The highest BCUT2D eigenvalue weighted by molar-refractivity contribution is 9.10. The van der Waals surface area contributed by atoms with Crippen LogP contribution < -0.4 is 10.3 Å². The van der Waals surface area contributed by atoms with Gasteiger partial charge in [0.2, 0.25) is 5.91 Å². The summed E-state index contributed by atoms with van der Waals surface area (Å²) < 4.78 is 7.52. The second kappa shape index (κ2) is 7.97. The molecule has 1 aliphatic rings. The summed E-state index contributed by atoms with van der Waals surface area (Å²) in [5.41, 5.74) is 1.45. The van der Waals surface area contributed by atoms with Gasteiger partial charge in [0.1, 0.15) is 17.7 Å². The molecule has 2 heterocycles. The van der Waals surface area contributed by atoms with Crippen molar-refractivity contribution in [3.05, 3.63) is 69.2 Å². The van der Waals surface area contributed by atoms with E-state index in [4.69, 9.17) is 4.74 Å². The third-order valence-corrected chi connectivity index (χ3v) is 6.59. The van der Waals surface area contributed by atoms with Crippen LogP contribution in [0.3, 0.4) is 0 Å². The smallest absolute Gasteiger partial charge is 0.261 e. The van der Waals surface area contributed by atoms with E-state index in [0.29, 0.717) is 17.4 Å². The van der Waals surface area contributed by atoms with E-state index in [1.54, 1.807) is 37.1 Å². The molecule has 1 amide bonds. The van der Waals surface area contributed by atoms with Crippen LogP contribution in [0.15, 0.2) is 58.1 Å². The average Bonchev–Trinajstić information content (AvgIpc) is 3.20. The summed E-state index contributed by atoms with van der Waals surface area (Å²) >= 11 is 5.22. The van der Waals surface area contributed by atoms with E-state index in [1.165, 1.54) is 10.9 Å². The number of para-hydroxylation sites is 1. The molecule has 6 nitrogen and oxygen atoms in total. The van der Waals surface area contributed by atoms with Gasteiger partial charge >= 0.3 is 0 Å². The van der Waals surface area contributed by atoms with Crippen molar-refractivity contribution in [1.82, 2.24) is 14.5 Å². The molecule has 0 N–H and O–H groups in total.